The van der Waals surface area contributed by atoms with Crippen molar-refractivity contribution in [2.75, 3.05) is 5.32 Å². The van der Waals surface area contributed by atoms with Gasteiger partial charge in [0, 0.05) is 23.2 Å². The Kier molecular flexibility index (Phi) is 5.67. The number of halogens is 1. The molecule has 140 valence electrons. The van der Waals surface area contributed by atoms with Crippen LogP contribution in [0.3, 0.4) is 0 Å². The van der Waals surface area contributed by atoms with Gasteiger partial charge in [0.1, 0.15) is 23.6 Å². The average Bonchev–Trinajstić information content (AvgIpc) is 2.70. The summed E-state index contributed by atoms with van der Waals surface area (Å²) in [6, 6.07) is 21.4. The van der Waals surface area contributed by atoms with Crippen LogP contribution in [0.1, 0.15) is 0 Å². The number of benzene rings is 3. The number of fused-ring (bicyclic) bond motifs is 1. The minimum Gasteiger partial charge on any atom is -0.457 e. The van der Waals surface area contributed by atoms with Crippen LogP contribution in [0.5, 0.6) is 11.5 Å². The van der Waals surface area contributed by atoms with Crippen molar-refractivity contribution in [3.05, 3.63) is 89.2 Å². The van der Waals surface area contributed by atoms with Crippen LogP contribution in [0.15, 0.2) is 79.1 Å². The predicted molar refractivity (Wildman–Crippen MR) is 110 cm³/mol. The van der Waals surface area contributed by atoms with Crippen molar-refractivity contribution < 1.29 is 9.66 Å². The Morgan fingerprint density at radius 2 is 1.61 bits per heavy atom. The van der Waals surface area contributed by atoms with Gasteiger partial charge in [-0.15, -0.1) is 12.4 Å². The number of ether oxygens (including phenoxy) is 1. The van der Waals surface area contributed by atoms with Crippen molar-refractivity contribution in [1.29, 1.82) is 0 Å². The number of hydrogen-bond acceptors (Lipinski definition) is 6. The summed E-state index contributed by atoms with van der Waals surface area (Å²) in [4.78, 5) is 19.0. The lowest BCUT2D eigenvalue weighted by molar-refractivity contribution is -0.384. The molecule has 7 nitrogen and oxygen atoms in total. The second-order valence-electron chi connectivity index (χ2n) is 5.75. The van der Waals surface area contributed by atoms with Gasteiger partial charge in [0.15, 0.2) is 0 Å². The number of non-ortho nitro benzene ring substituents is 1. The van der Waals surface area contributed by atoms with E-state index >= 15 is 0 Å². The van der Waals surface area contributed by atoms with Crippen molar-refractivity contribution in [3.63, 3.8) is 0 Å². The van der Waals surface area contributed by atoms with Gasteiger partial charge in [0.25, 0.3) is 5.69 Å². The Morgan fingerprint density at radius 3 is 2.32 bits per heavy atom. The molecule has 4 rings (SSSR count). The van der Waals surface area contributed by atoms with Gasteiger partial charge in [-0.05, 0) is 42.5 Å². The monoisotopic (exact) mass is 394 g/mol. The molecule has 0 aliphatic carbocycles. The van der Waals surface area contributed by atoms with Crippen LogP contribution in [0.25, 0.3) is 10.9 Å². The lowest BCUT2D eigenvalue weighted by Crippen LogP contribution is -1.97. The van der Waals surface area contributed by atoms with Crippen molar-refractivity contribution in [1.82, 2.24) is 9.97 Å². The number of hydrogen-bond donors (Lipinski definition) is 1. The minimum absolute atomic E-state index is 0. The van der Waals surface area contributed by atoms with Crippen LogP contribution >= 0.6 is 12.4 Å². The molecule has 0 fully saturated rings. The molecular formula is C20H15ClN4O3. The number of anilines is 2. The first-order chi connectivity index (χ1) is 13.2. The fraction of sp³-hybridized carbons (Fsp3) is 0. The van der Waals surface area contributed by atoms with Gasteiger partial charge >= 0.3 is 0 Å². The zero-order valence-corrected chi connectivity index (χ0v) is 15.3. The van der Waals surface area contributed by atoms with E-state index < -0.39 is 4.92 Å². The van der Waals surface area contributed by atoms with Gasteiger partial charge < -0.3 is 10.1 Å². The van der Waals surface area contributed by atoms with Gasteiger partial charge in [0.05, 0.1) is 10.4 Å². The lowest BCUT2D eigenvalue weighted by Gasteiger charge is -2.10. The number of aromatic nitrogens is 2. The molecule has 0 radical (unpaired) electrons. The molecule has 8 heteroatoms. The van der Waals surface area contributed by atoms with Crippen molar-refractivity contribution in [2.45, 2.75) is 0 Å². The largest absolute Gasteiger partial charge is 0.457 e. The predicted octanol–water partition coefficient (Wildman–Crippen LogP) is 5.50. The maximum Gasteiger partial charge on any atom is 0.270 e. The maximum atomic E-state index is 11.0. The minimum atomic E-state index is -0.439. The molecule has 0 unspecified atom stereocenters. The number of rotatable bonds is 5. The molecular weight excluding hydrogens is 380 g/mol. The molecule has 3 aromatic carbocycles. The van der Waals surface area contributed by atoms with E-state index in [1.807, 2.05) is 54.6 Å². The quantitative estimate of drug-likeness (QED) is 0.355. The fourth-order valence-corrected chi connectivity index (χ4v) is 2.63. The van der Waals surface area contributed by atoms with E-state index in [1.54, 1.807) is 6.07 Å². The smallest absolute Gasteiger partial charge is 0.270 e. The number of nitrogens with one attached hydrogen (secondary N) is 1. The first-order valence-corrected chi connectivity index (χ1v) is 8.18. The highest BCUT2D eigenvalue weighted by atomic mass is 35.5. The fourth-order valence-electron chi connectivity index (χ4n) is 2.63. The summed E-state index contributed by atoms with van der Waals surface area (Å²) in [5.74, 6) is 1.96. The lowest BCUT2D eigenvalue weighted by atomic mass is 10.2. The second kappa shape index (κ2) is 8.32. The summed E-state index contributed by atoms with van der Waals surface area (Å²) in [6.45, 7) is 0. The Bertz CT molecular complexity index is 1110. The summed E-state index contributed by atoms with van der Waals surface area (Å²) in [5.41, 5.74) is 1.40. The normalized spacial score (nSPS) is 10.1. The molecule has 28 heavy (non-hydrogen) atoms. The SMILES string of the molecule is Cl.O=[N+]([O-])c1ccc2ncnc(Nc3ccc(Oc4ccccc4)cc3)c2c1. The summed E-state index contributed by atoms with van der Waals surface area (Å²) in [7, 11) is 0. The van der Waals surface area contributed by atoms with E-state index in [-0.39, 0.29) is 18.1 Å². The molecule has 1 N–H and O–H groups in total. The third-order valence-electron chi connectivity index (χ3n) is 3.93. The molecule has 1 heterocycles. The average molecular weight is 395 g/mol. The number of para-hydroxylation sites is 1. The molecule has 0 aliphatic heterocycles. The summed E-state index contributed by atoms with van der Waals surface area (Å²) >= 11 is 0. The van der Waals surface area contributed by atoms with E-state index in [1.165, 1.54) is 18.5 Å². The third kappa shape index (κ3) is 4.16. The van der Waals surface area contributed by atoms with E-state index in [2.05, 4.69) is 15.3 Å². The van der Waals surface area contributed by atoms with Gasteiger partial charge in [0.2, 0.25) is 0 Å². The molecule has 0 atom stereocenters. The van der Waals surface area contributed by atoms with E-state index in [0.29, 0.717) is 22.5 Å². The number of nitrogens with zero attached hydrogens (tertiary/aromatic N) is 3. The zero-order chi connectivity index (χ0) is 18.6. The molecule has 0 saturated heterocycles. The van der Waals surface area contributed by atoms with Crippen LogP contribution < -0.4 is 10.1 Å². The van der Waals surface area contributed by atoms with Crippen molar-refractivity contribution in [3.8, 4) is 11.5 Å². The first kappa shape index (κ1) is 19.1. The Labute approximate surface area is 166 Å². The van der Waals surface area contributed by atoms with Crippen LogP contribution in [0.4, 0.5) is 17.2 Å². The van der Waals surface area contributed by atoms with Crippen LogP contribution in [-0.4, -0.2) is 14.9 Å². The second-order valence-corrected chi connectivity index (χ2v) is 5.75. The van der Waals surface area contributed by atoms with Crippen LogP contribution in [0, 0.1) is 10.1 Å². The topological polar surface area (TPSA) is 90.2 Å². The molecule has 0 spiro atoms. The number of nitro groups is 1. The Hall–Kier alpha value is -3.71. The number of nitro benzene ring substituents is 1. The first-order valence-electron chi connectivity index (χ1n) is 8.18. The van der Waals surface area contributed by atoms with Crippen molar-refractivity contribution in [2.24, 2.45) is 0 Å². The van der Waals surface area contributed by atoms with Crippen molar-refractivity contribution >= 4 is 40.5 Å². The Balaban J connectivity index is 0.00000225. The standard InChI is InChI=1S/C20H14N4O3.ClH/c25-24(26)15-8-11-19-18(12-15)20(22-13-21-19)23-14-6-9-17(10-7-14)27-16-4-2-1-3-5-16;/h1-13H,(H,21,22,23);1H. The highest BCUT2D eigenvalue weighted by Crippen LogP contribution is 2.28. The van der Waals surface area contributed by atoms with E-state index in [0.717, 1.165) is 11.4 Å². The van der Waals surface area contributed by atoms with Gasteiger partial charge in [-0.25, -0.2) is 9.97 Å². The van der Waals surface area contributed by atoms with Gasteiger partial charge in [-0.2, -0.15) is 0 Å². The maximum absolute atomic E-state index is 11.0. The highest BCUT2D eigenvalue weighted by molar-refractivity contribution is 5.92. The summed E-state index contributed by atoms with van der Waals surface area (Å²) < 4.78 is 5.77. The molecule has 1 aromatic heterocycles. The third-order valence-corrected chi connectivity index (χ3v) is 3.93. The van der Waals surface area contributed by atoms with E-state index in [9.17, 15) is 10.1 Å². The van der Waals surface area contributed by atoms with E-state index in [4.69, 9.17) is 4.74 Å². The molecule has 4 aromatic rings. The Morgan fingerprint density at radius 1 is 0.893 bits per heavy atom. The highest BCUT2D eigenvalue weighted by Gasteiger charge is 2.11. The van der Waals surface area contributed by atoms with Crippen LogP contribution in [-0.2, 0) is 0 Å². The molecule has 0 saturated carbocycles. The molecule has 0 aliphatic rings. The summed E-state index contributed by atoms with van der Waals surface area (Å²) in [6.07, 6.45) is 1.42. The summed E-state index contributed by atoms with van der Waals surface area (Å²) in [5, 5.41) is 14.8. The van der Waals surface area contributed by atoms with Gasteiger partial charge in [-0.1, -0.05) is 18.2 Å². The molecule has 0 bridgehead atoms. The van der Waals surface area contributed by atoms with Crippen LogP contribution in [0.2, 0.25) is 0 Å². The molecule has 0 amide bonds. The zero-order valence-electron chi connectivity index (χ0n) is 14.5. The van der Waals surface area contributed by atoms with Gasteiger partial charge in [-0.3, -0.25) is 10.1 Å².